The van der Waals surface area contributed by atoms with Crippen LogP contribution in [0.25, 0.3) is 0 Å². The van der Waals surface area contributed by atoms with Crippen molar-refractivity contribution < 1.29 is 28.7 Å². The van der Waals surface area contributed by atoms with Gasteiger partial charge in [-0.15, -0.1) is 0 Å². The summed E-state index contributed by atoms with van der Waals surface area (Å²) in [6.45, 7) is 0.412. The number of hydrogen-bond donors (Lipinski definition) is 0. The molecule has 0 aliphatic carbocycles. The molecule has 1 unspecified atom stereocenters. The molecular formula is C16H17NO6. The van der Waals surface area contributed by atoms with Crippen LogP contribution in [0.4, 0.5) is 0 Å². The van der Waals surface area contributed by atoms with Gasteiger partial charge in [0.2, 0.25) is 0 Å². The van der Waals surface area contributed by atoms with Gasteiger partial charge in [-0.1, -0.05) is 17.2 Å². The van der Waals surface area contributed by atoms with Gasteiger partial charge in [-0.2, -0.15) is 0 Å². The van der Waals surface area contributed by atoms with Gasteiger partial charge in [-0.3, -0.25) is 9.59 Å². The standard InChI is InChI=1S/C16H17NO6/c1-21-10-16(8-4-5-9-22-16)15(20)23-17-13(18)11-6-2-3-7-12(11)14(17)19/h2-3,6-7H,4-5,8-10H2,1H3. The Morgan fingerprint density at radius 2 is 1.87 bits per heavy atom. The minimum Gasteiger partial charge on any atom is -0.381 e. The third-order valence-electron chi connectivity index (χ3n) is 4.03. The first-order valence-corrected chi connectivity index (χ1v) is 7.42. The number of imide groups is 1. The van der Waals surface area contributed by atoms with Gasteiger partial charge < -0.3 is 14.3 Å². The van der Waals surface area contributed by atoms with E-state index in [0.29, 0.717) is 18.1 Å². The van der Waals surface area contributed by atoms with Crippen molar-refractivity contribution in [1.82, 2.24) is 5.06 Å². The van der Waals surface area contributed by atoms with Gasteiger partial charge in [0.1, 0.15) is 0 Å². The van der Waals surface area contributed by atoms with Gasteiger partial charge in [-0.05, 0) is 31.4 Å². The normalized spacial score (nSPS) is 23.8. The second-order valence-electron chi connectivity index (χ2n) is 5.56. The van der Waals surface area contributed by atoms with Gasteiger partial charge in [0.15, 0.2) is 5.60 Å². The van der Waals surface area contributed by atoms with Crippen molar-refractivity contribution in [3.63, 3.8) is 0 Å². The molecule has 1 aromatic carbocycles. The summed E-state index contributed by atoms with van der Waals surface area (Å²) in [7, 11) is 1.45. The van der Waals surface area contributed by atoms with E-state index in [2.05, 4.69) is 0 Å². The molecular weight excluding hydrogens is 302 g/mol. The zero-order chi connectivity index (χ0) is 16.4. The summed E-state index contributed by atoms with van der Waals surface area (Å²) in [5, 5.41) is 0.502. The van der Waals surface area contributed by atoms with E-state index < -0.39 is 23.4 Å². The number of hydroxylamine groups is 2. The lowest BCUT2D eigenvalue weighted by molar-refractivity contribution is -0.208. The fraction of sp³-hybridized carbons (Fsp3) is 0.438. The van der Waals surface area contributed by atoms with Crippen LogP contribution in [0.15, 0.2) is 24.3 Å². The molecule has 0 aromatic heterocycles. The van der Waals surface area contributed by atoms with E-state index in [9.17, 15) is 14.4 Å². The summed E-state index contributed by atoms with van der Waals surface area (Å²) < 4.78 is 10.6. The Morgan fingerprint density at radius 1 is 1.22 bits per heavy atom. The Morgan fingerprint density at radius 3 is 2.39 bits per heavy atom. The number of methoxy groups -OCH3 is 1. The van der Waals surface area contributed by atoms with Gasteiger partial charge in [-0.25, -0.2) is 4.79 Å². The van der Waals surface area contributed by atoms with E-state index in [1.165, 1.54) is 19.2 Å². The minimum absolute atomic E-state index is 0.00893. The summed E-state index contributed by atoms with van der Waals surface area (Å²) in [5.74, 6) is -2.08. The molecule has 1 saturated heterocycles. The molecule has 0 radical (unpaired) electrons. The number of amides is 2. The smallest absolute Gasteiger partial charge is 0.367 e. The monoisotopic (exact) mass is 319 g/mol. The molecule has 3 rings (SSSR count). The average Bonchev–Trinajstić information content (AvgIpc) is 2.81. The molecule has 122 valence electrons. The molecule has 0 spiro atoms. The van der Waals surface area contributed by atoms with Crippen LogP contribution >= 0.6 is 0 Å². The third-order valence-corrected chi connectivity index (χ3v) is 4.03. The maximum absolute atomic E-state index is 12.5. The molecule has 0 saturated carbocycles. The van der Waals surface area contributed by atoms with Crippen LogP contribution in [0.3, 0.4) is 0 Å². The summed E-state index contributed by atoms with van der Waals surface area (Å²) in [4.78, 5) is 42.1. The Labute approximate surface area is 133 Å². The number of carbonyl (C=O) groups is 3. The van der Waals surface area contributed by atoms with Crippen LogP contribution in [0, 0.1) is 0 Å². The number of carbonyl (C=O) groups excluding carboxylic acids is 3. The van der Waals surface area contributed by atoms with Crippen molar-refractivity contribution >= 4 is 17.8 Å². The first kappa shape index (κ1) is 15.6. The Balaban J connectivity index is 1.80. The zero-order valence-electron chi connectivity index (χ0n) is 12.7. The molecule has 7 heteroatoms. The molecule has 2 aliphatic rings. The van der Waals surface area contributed by atoms with Gasteiger partial charge >= 0.3 is 5.97 Å². The SMILES string of the molecule is COCC1(C(=O)ON2C(=O)c3ccccc3C2=O)CCCCO1. The number of ether oxygens (including phenoxy) is 2. The maximum atomic E-state index is 12.5. The molecule has 2 amide bonds. The summed E-state index contributed by atoms with van der Waals surface area (Å²) in [6.07, 6.45) is 2.04. The summed E-state index contributed by atoms with van der Waals surface area (Å²) >= 11 is 0. The minimum atomic E-state index is -1.28. The molecule has 0 N–H and O–H groups in total. The van der Waals surface area contributed by atoms with Crippen molar-refractivity contribution in [3.05, 3.63) is 35.4 Å². The lowest BCUT2D eigenvalue weighted by atomic mass is 9.95. The number of nitrogens with zero attached hydrogens (tertiary/aromatic N) is 1. The first-order valence-electron chi connectivity index (χ1n) is 7.42. The number of rotatable bonds is 4. The second kappa shape index (κ2) is 6.10. The fourth-order valence-electron chi connectivity index (χ4n) is 2.84. The van der Waals surface area contributed by atoms with E-state index in [0.717, 1.165) is 12.8 Å². The zero-order valence-corrected chi connectivity index (χ0v) is 12.7. The Bertz CT molecular complexity index is 609. The highest BCUT2D eigenvalue weighted by molar-refractivity contribution is 6.20. The van der Waals surface area contributed by atoms with Crippen molar-refractivity contribution in [2.45, 2.75) is 24.9 Å². The van der Waals surface area contributed by atoms with E-state index >= 15 is 0 Å². The highest BCUT2D eigenvalue weighted by Gasteiger charge is 2.47. The average molecular weight is 319 g/mol. The lowest BCUT2D eigenvalue weighted by Gasteiger charge is -2.34. The van der Waals surface area contributed by atoms with Gasteiger partial charge in [0.25, 0.3) is 11.8 Å². The van der Waals surface area contributed by atoms with Crippen LogP contribution in [0.5, 0.6) is 0 Å². The molecule has 1 aromatic rings. The van der Waals surface area contributed by atoms with Crippen LogP contribution in [0.2, 0.25) is 0 Å². The Kier molecular flexibility index (Phi) is 4.14. The highest BCUT2D eigenvalue weighted by Crippen LogP contribution is 2.29. The molecule has 2 heterocycles. The largest absolute Gasteiger partial charge is 0.381 e. The lowest BCUT2D eigenvalue weighted by Crippen LogP contribution is -2.51. The second-order valence-corrected chi connectivity index (χ2v) is 5.56. The maximum Gasteiger partial charge on any atom is 0.367 e. The molecule has 2 aliphatic heterocycles. The van der Waals surface area contributed by atoms with Crippen molar-refractivity contribution in [1.29, 1.82) is 0 Å². The van der Waals surface area contributed by atoms with Crippen LogP contribution in [0.1, 0.15) is 40.0 Å². The van der Waals surface area contributed by atoms with Crippen molar-refractivity contribution in [2.75, 3.05) is 20.3 Å². The number of hydrogen-bond acceptors (Lipinski definition) is 6. The molecule has 7 nitrogen and oxygen atoms in total. The molecule has 1 fully saturated rings. The van der Waals surface area contributed by atoms with E-state index in [1.807, 2.05) is 0 Å². The fourth-order valence-corrected chi connectivity index (χ4v) is 2.84. The van der Waals surface area contributed by atoms with Gasteiger partial charge in [0, 0.05) is 13.7 Å². The quantitative estimate of drug-likeness (QED) is 0.779. The van der Waals surface area contributed by atoms with E-state index in [4.69, 9.17) is 14.3 Å². The van der Waals surface area contributed by atoms with Crippen molar-refractivity contribution in [3.8, 4) is 0 Å². The topological polar surface area (TPSA) is 82.1 Å². The Hall–Kier alpha value is -2.25. The summed E-state index contributed by atoms with van der Waals surface area (Å²) in [6, 6.07) is 6.33. The van der Waals surface area contributed by atoms with E-state index in [-0.39, 0.29) is 17.7 Å². The predicted molar refractivity (Wildman–Crippen MR) is 77.4 cm³/mol. The molecule has 23 heavy (non-hydrogen) atoms. The third kappa shape index (κ3) is 2.62. The summed E-state index contributed by atoms with van der Waals surface area (Å²) in [5.41, 5.74) is -0.839. The first-order chi connectivity index (χ1) is 11.1. The van der Waals surface area contributed by atoms with Crippen LogP contribution in [-0.4, -0.2) is 48.8 Å². The van der Waals surface area contributed by atoms with E-state index in [1.54, 1.807) is 12.1 Å². The number of fused-ring (bicyclic) bond motifs is 1. The molecule has 0 bridgehead atoms. The highest BCUT2D eigenvalue weighted by atomic mass is 16.7. The van der Waals surface area contributed by atoms with Crippen LogP contribution < -0.4 is 0 Å². The van der Waals surface area contributed by atoms with Gasteiger partial charge in [0.05, 0.1) is 17.7 Å². The van der Waals surface area contributed by atoms with Crippen molar-refractivity contribution in [2.24, 2.45) is 0 Å². The predicted octanol–water partition coefficient (Wildman–Crippen LogP) is 1.33. The number of benzene rings is 1. The van der Waals surface area contributed by atoms with Crippen LogP contribution in [-0.2, 0) is 19.1 Å². The molecule has 1 atom stereocenters.